The molecule has 92 valence electrons. The maximum Gasteiger partial charge on any atom is 0.215 e. The fourth-order valence-electron chi connectivity index (χ4n) is 1.15. The topological polar surface area (TPSA) is 67.4 Å². The van der Waals surface area contributed by atoms with Crippen molar-refractivity contribution < 1.29 is 13.2 Å². The molecule has 0 saturated carbocycles. The minimum Gasteiger partial charge on any atom is -0.385 e. The first kappa shape index (κ1) is 14.8. The summed E-state index contributed by atoms with van der Waals surface area (Å²) in [5.74, 6) is 0. The van der Waals surface area contributed by atoms with Gasteiger partial charge in [-0.15, -0.1) is 0 Å². The molecule has 0 aliphatic heterocycles. The van der Waals surface area contributed by atoms with Gasteiger partial charge in [-0.2, -0.15) is 0 Å². The number of nitrogens with one attached hydrogen (secondary N) is 2. The first-order valence-corrected chi connectivity index (χ1v) is 6.63. The third kappa shape index (κ3) is 6.09. The summed E-state index contributed by atoms with van der Waals surface area (Å²) in [6, 6.07) is -0.0887. The first-order valence-electron chi connectivity index (χ1n) is 5.08. The third-order valence-electron chi connectivity index (χ3n) is 2.14. The Labute approximate surface area is 92.6 Å². The molecule has 0 aromatic carbocycles. The lowest BCUT2D eigenvalue weighted by molar-refractivity contribution is 0.188. The van der Waals surface area contributed by atoms with Crippen molar-refractivity contribution in [2.24, 2.45) is 0 Å². The lowest BCUT2D eigenvalue weighted by Crippen LogP contribution is -2.42. The van der Waals surface area contributed by atoms with Crippen molar-refractivity contribution in [2.75, 3.05) is 27.3 Å². The summed E-state index contributed by atoms with van der Waals surface area (Å²) in [5.41, 5.74) is 0. The zero-order chi connectivity index (χ0) is 11.9. The van der Waals surface area contributed by atoms with E-state index in [0.717, 1.165) is 0 Å². The summed E-state index contributed by atoms with van der Waals surface area (Å²) in [5, 5.41) is 2.42. The Balaban J connectivity index is 4.12. The molecule has 0 aliphatic carbocycles. The van der Waals surface area contributed by atoms with E-state index < -0.39 is 15.3 Å². The average Bonchev–Trinajstić information content (AvgIpc) is 2.14. The van der Waals surface area contributed by atoms with Gasteiger partial charge in [0.1, 0.15) is 0 Å². The van der Waals surface area contributed by atoms with E-state index in [0.29, 0.717) is 19.6 Å². The normalized spacial score (nSPS) is 16.3. The van der Waals surface area contributed by atoms with Gasteiger partial charge in [0, 0.05) is 26.3 Å². The van der Waals surface area contributed by atoms with Crippen LogP contribution in [0.2, 0.25) is 0 Å². The molecule has 0 aromatic rings. The molecule has 0 aliphatic rings. The molecule has 0 radical (unpaired) electrons. The van der Waals surface area contributed by atoms with Gasteiger partial charge in [0.05, 0.1) is 5.25 Å². The Bertz CT molecular complexity index is 254. The van der Waals surface area contributed by atoms with Gasteiger partial charge >= 0.3 is 0 Å². The average molecular weight is 238 g/mol. The highest BCUT2D eigenvalue weighted by Crippen LogP contribution is 2.01. The van der Waals surface area contributed by atoms with Crippen LogP contribution in [0.5, 0.6) is 0 Å². The lowest BCUT2D eigenvalue weighted by Gasteiger charge is -2.18. The van der Waals surface area contributed by atoms with Crippen molar-refractivity contribution in [3.8, 4) is 0 Å². The van der Waals surface area contributed by atoms with Gasteiger partial charge in [0.15, 0.2) is 0 Å². The van der Waals surface area contributed by atoms with Crippen molar-refractivity contribution >= 4 is 10.0 Å². The Morgan fingerprint density at radius 2 is 1.93 bits per heavy atom. The van der Waals surface area contributed by atoms with Gasteiger partial charge in [-0.25, -0.2) is 13.1 Å². The molecule has 0 heterocycles. The second-order valence-corrected chi connectivity index (χ2v) is 5.84. The number of methoxy groups -OCH3 is 1. The number of ether oxygens (including phenoxy) is 1. The van der Waals surface area contributed by atoms with Gasteiger partial charge < -0.3 is 10.1 Å². The fourth-order valence-corrected chi connectivity index (χ4v) is 2.44. The molecule has 2 atom stereocenters. The summed E-state index contributed by atoms with van der Waals surface area (Å²) in [6.45, 7) is 4.53. The van der Waals surface area contributed by atoms with Crippen LogP contribution < -0.4 is 10.0 Å². The zero-order valence-corrected chi connectivity index (χ0v) is 10.7. The summed E-state index contributed by atoms with van der Waals surface area (Å²) in [4.78, 5) is 0. The quantitative estimate of drug-likeness (QED) is 0.621. The smallest absolute Gasteiger partial charge is 0.215 e. The summed E-state index contributed by atoms with van der Waals surface area (Å²) in [6.07, 6.45) is 0.683. The molecular formula is C9H22N2O3S. The van der Waals surface area contributed by atoms with E-state index in [4.69, 9.17) is 4.74 Å². The lowest BCUT2D eigenvalue weighted by atomic mass is 10.3. The predicted molar refractivity (Wildman–Crippen MR) is 61.4 cm³/mol. The molecule has 0 spiro atoms. The van der Waals surface area contributed by atoms with Crippen LogP contribution in [0.15, 0.2) is 0 Å². The second kappa shape index (κ2) is 7.16. The van der Waals surface area contributed by atoms with Crippen molar-refractivity contribution in [1.29, 1.82) is 0 Å². The minimum atomic E-state index is -3.22. The van der Waals surface area contributed by atoms with Crippen LogP contribution in [-0.4, -0.2) is 47.0 Å². The second-order valence-electron chi connectivity index (χ2n) is 3.71. The van der Waals surface area contributed by atoms with Crippen molar-refractivity contribution in [2.45, 2.75) is 31.6 Å². The van der Waals surface area contributed by atoms with Gasteiger partial charge in [-0.1, -0.05) is 0 Å². The van der Waals surface area contributed by atoms with Gasteiger partial charge in [-0.05, 0) is 27.3 Å². The Kier molecular flexibility index (Phi) is 7.08. The van der Waals surface area contributed by atoms with E-state index in [-0.39, 0.29) is 6.04 Å². The number of hydrogen-bond acceptors (Lipinski definition) is 4. The molecule has 15 heavy (non-hydrogen) atoms. The van der Waals surface area contributed by atoms with Crippen molar-refractivity contribution in [1.82, 2.24) is 10.0 Å². The molecule has 0 saturated heterocycles. The Morgan fingerprint density at radius 1 is 1.33 bits per heavy atom. The summed E-state index contributed by atoms with van der Waals surface area (Å²) >= 11 is 0. The van der Waals surface area contributed by atoms with Crippen LogP contribution in [0.4, 0.5) is 0 Å². The number of sulfonamides is 1. The molecule has 0 fully saturated rings. The number of hydrogen-bond donors (Lipinski definition) is 2. The van der Waals surface area contributed by atoms with Crippen LogP contribution in [0.3, 0.4) is 0 Å². The van der Waals surface area contributed by atoms with Crippen LogP contribution in [-0.2, 0) is 14.8 Å². The van der Waals surface area contributed by atoms with Crippen LogP contribution >= 0.6 is 0 Å². The molecule has 0 amide bonds. The monoisotopic (exact) mass is 238 g/mol. The molecule has 2 N–H and O–H groups in total. The van der Waals surface area contributed by atoms with E-state index in [1.54, 1.807) is 21.1 Å². The molecule has 5 nitrogen and oxygen atoms in total. The van der Waals surface area contributed by atoms with E-state index in [2.05, 4.69) is 10.0 Å². The summed E-state index contributed by atoms with van der Waals surface area (Å²) < 4.78 is 30.9. The maximum atomic E-state index is 11.7. The van der Waals surface area contributed by atoms with Gasteiger partial charge in [0.2, 0.25) is 10.0 Å². The summed E-state index contributed by atoms with van der Waals surface area (Å²) in [7, 11) is 0.118. The Morgan fingerprint density at radius 3 is 2.40 bits per heavy atom. The van der Waals surface area contributed by atoms with Crippen LogP contribution in [0.1, 0.15) is 20.3 Å². The molecule has 6 heteroatoms. The van der Waals surface area contributed by atoms with Gasteiger partial charge in [0.25, 0.3) is 0 Å². The maximum absolute atomic E-state index is 11.7. The standard InChI is InChI=1S/C9H22N2O3S/c1-8(5-6-14-4)11-15(12,13)9(2)7-10-3/h8-11H,5-7H2,1-4H3. The zero-order valence-electron chi connectivity index (χ0n) is 9.91. The van der Waals surface area contributed by atoms with Crippen LogP contribution in [0, 0.1) is 0 Å². The molecular weight excluding hydrogens is 216 g/mol. The molecule has 0 aromatic heterocycles. The largest absolute Gasteiger partial charge is 0.385 e. The van der Waals surface area contributed by atoms with Crippen molar-refractivity contribution in [3.63, 3.8) is 0 Å². The van der Waals surface area contributed by atoms with Gasteiger partial charge in [-0.3, -0.25) is 0 Å². The van der Waals surface area contributed by atoms with Crippen molar-refractivity contribution in [3.05, 3.63) is 0 Å². The van der Waals surface area contributed by atoms with Crippen LogP contribution in [0.25, 0.3) is 0 Å². The van der Waals surface area contributed by atoms with E-state index >= 15 is 0 Å². The van der Waals surface area contributed by atoms with E-state index in [1.165, 1.54) is 0 Å². The highest BCUT2D eigenvalue weighted by Gasteiger charge is 2.21. The molecule has 2 unspecified atom stereocenters. The molecule has 0 rings (SSSR count). The predicted octanol–water partition coefficient (Wildman–Crippen LogP) is -0.0613. The first-order chi connectivity index (χ1) is 6.94. The SMILES string of the molecule is CNCC(C)S(=O)(=O)NC(C)CCOC. The minimum absolute atomic E-state index is 0.0887. The van der Waals surface area contributed by atoms with E-state index in [1.807, 2.05) is 6.92 Å². The van der Waals surface area contributed by atoms with E-state index in [9.17, 15) is 8.42 Å². The highest BCUT2D eigenvalue weighted by molar-refractivity contribution is 7.90. The third-order valence-corrected chi connectivity index (χ3v) is 4.10. The molecule has 0 bridgehead atoms. The number of rotatable bonds is 8. The Hall–Kier alpha value is -0.170. The fraction of sp³-hybridized carbons (Fsp3) is 1.00. The highest BCUT2D eigenvalue weighted by atomic mass is 32.2.